The van der Waals surface area contributed by atoms with E-state index in [-0.39, 0.29) is 17.0 Å². The maximum absolute atomic E-state index is 4.94. The van der Waals surface area contributed by atoms with Gasteiger partial charge in [0.15, 0.2) is 0 Å². The van der Waals surface area contributed by atoms with Crippen molar-refractivity contribution in [3.63, 3.8) is 0 Å². The number of terminal acetylenes is 3. The smallest absolute Gasteiger partial charge is 0.270 e. The summed E-state index contributed by atoms with van der Waals surface area (Å²) in [5.41, 5.74) is 0. The Morgan fingerprint density at radius 3 is 1.00 bits per heavy atom. The first kappa shape index (κ1) is 60.8. The Morgan fingerprint density at radius 1 is 0.397 bits per heavy atom. The highest BCUT2D eigenvalue weighted by Gasteiger charge is 1.96. The molecule has 0 aromatic carbocycles. The predicted octanol–water partition coefficient (Wildman–Crippen LogP) is -0.518. The fraction of sp³-hybridized carbons (Fsp3) is 0.0339. The maximum atomic E-state index is 4.94. The van der Waals surface area contributed by atoms with Gasteiger partial charge in [-0.25, -0.2) is 9.97 Å². The van der Waals surface area contributed by atoms with Crippen molar-refractivity contribution in [1.29, 1.82) is 0 Å². The van der Waals surface area contributed by atoms with E-state index >= 15 is 0 Å². The quantitative estimate of drug-likeness (QED) is 0.188. The van der Waals surface area contributed by atoms with Crippen molar-refractivity contribution in [3.8, 4) is 286 Å². The van der Waals surface area contributed by atoms with Gasteiger partial charge in [-0.15, -0.1) is 19.3 Å². The first-order chi connectivity index (χ1) is 33.3. The highest BCUT2D eigenvalue weighted by molar-refractivity contribution is 9.09. The van der Waals surface area contributed by atoms with Crippen molar-refractivity contribution < 1.29 is 21.5 Å². The molecule has 9 heteroatoms. The summed E-state index contributed by atoms with van der Waals surface area (Å²) in [5, 5.41) is 0. The second-order valence-corrected chi connectivity index (χ2v) is 8.60. The van der Waals surface area contributed by atoms with Gasteiger partial charge in [0.2, 0.25) is 0 Å². The van der Waals surface area contributed by atoms with Crippen LogP contribution in [0.4, 0.5) is 0 Å². The van der Waals surface area contributed by atoms with Crippen LogP contribution in [-0.2, 0) is 0 Å². The zero-order valence-corrected chi connectivity index (χ0v) is 40.1. The van der Waals surface area contributed by atoms with Gasteiger partial charge in [0.05, 0.1) is 6.33 Å². The van der Waals surface area contributed by atoms with Gasteiger partial charge < -0.3 is 22.0 Å². The number of hydrogen-bond donors (Lipinski definition) is 1. The molecular weight excluding hydrogens is 1030 g/mol. The number of imidazole rings is 3. The molecule has 1 N–H and O–H groups in total. The lowest BCUT2D eigenvalue weighted by molar-refractivity contribution is -0.582. The lowest BCUT2D eigenvalue weighted by Gasteiger charge is -1.77. The molecular formula is C59H19Br3N6. The molecule has 0 aliphatic carbocycles. The van der Waals surface area contributed by atoms with E-state index in [1.54, 1.807) is 69.9 Å². The third kappa shape index (κ3) is 47.2. The van der Waals surface area contributed by atoms with E-state index in [0.29, 0.717) is 0 Å². The summed E-state index contributed by atoms with van der Waals surface area (Å²) in [6.45, 7) is 0. The van der Waals surface area contributed by atoms with Gasteiger partial charge in [-0.05, 0) is 136 Å². The summed E-state index contributed by atoms with van der Waals surface area (Å²) in [4.78, 5) is 10.3. The van der Waals surface area contributed by atoms with Crippen molar-refractivity contribution in [1.82, 2.24) is 24.1 Å². The van der Waals surface area contributed by atoms with Gasteiger partial charge in [-0.2, -0.15) is 9.13 Å². The number of H-pyrrole nitrogens is 1. The summed E-state index contributed by atoms with van der Waals surface area (Å²) in [7, 11) is 0. The van der Waals surface area contributed by atoms with Crippen molar-refractivity contribution in [2.24, 2.45) is 0 Å². The Balaban J connectivity index is -0.00000114. The van der Waals surface area contributed by atoms with Crippen LogP contribution in [0, 0.1) is 286 Å². The number of aromatic nitrogens is 6. The number of nitrogens with one attached hydrogen (secondary N) is 1. The van der Waals surface area contributed by atoms with Gasteiger partial charge in [0, 0.05) is 155 Å². The number of rotatable bonds is 0. The minimum absolute atomic E-state index is 0. The SMILES string of the molecule is C#CC#CC#CC#CC#CC#CC#CC#Cn1cc[n+](C#CC#CC#CC#CC#CC#CC#CC#C)c1.C#CC#CC#CC#CC#CC#CC#CC#Cn1ccnc1.CBr.CBr.[Br-].c1c[nH]cn1. The maximum Gasteiger partial charge on any atom is 0.270 e. The molecule has 0 atom stereocenters. The molecule has 0 aliphatic rings. The van der Waals surface area contributed by atoms with Crippen LogP contribution >= 0.6 is 31.9 Å². The average molecular weight is 1050 g/mol. The molecule has 0 aliphatic heterocycles. The molecule has 306 valence electrons. The first-order valence-corrected chi connectivity index (χ1v) is 20.1. The molecule has 3 aromatic rings. The summed E-state index contributed by atoms with van der Waals surface area (Å²) in [6.07, 6.45) is 29.8. The highest BCUT2D eigenvalue weighted by atomic mass is 79.9. The molecule has 3 heterocycles. The summed E-state index contributed by atoms with van der Waals surface area (Å²) < 4.78 is 4.75. The second-order valence-electron chi connectivity index (χ2n) is 8.60. The second kappa shape index (κ2) is 55.5. The lowest BCUT2D eigenvalue weighted by atomic mass is 10.5. The zero-order valence-electron chi connectivity index (χ0n) is 35.3. The molecule has 0 amide bonds. The van der Waals surface area contributed by atoms with E-state index in [4.69, 9.17) is 19.3 Å². The molecule has 0 saturated heterocycles. The molecule has 3 aromatic heterocycles. The van der Waals surface area contributed by atoms with Crippen LogP contribution in [0.2, 0.25) is 0 Å². The molecule has 0 fully saturated rings. The minimum Gasteiger partial charge on any atom is -1.00 e. The van der Waals surface area contributed by atoms with Gasteiger partial charge in [0.25, 0.3) is 6.33 Å². The average Bonchev–Trinajstić information content (AvgIpc) is 4.20. The largest absolute Gasteiger partial charge is 1.00 e. The Hall–Kier alpha value is -11.5. The van der Waals surface area contributed by atoms with E-state index in [9.17, 15) is 0 Å². The molecule has 0 spiro atoms. The number of alkyl halides is 2. The third-order valence-corrected chi connectivity index (χ3v) is 4.57. The molecule has 0 bridgehead atoms. The molecule has 6 nitrogen and oxygen atoms in total. The van der Waals surface area contributed by atoms with Crippen LogP contribution in [0.25, 0.3) is 0 Å². The summed E-state index contributed by atoms with van der Waals surface area (Å²) >= 11 is 5.88. The summed E-state index contributed by atoms with van der Waals surface area (Å²) in [6, 6.07) is 8.31. The lowest BCUT2D eigenvalue weighted by Crippen LogP contribution is -3.00. The van der Waals surface area contributed by atoms with Crippen LogP contribution in [-0.4, -0.2) is 35.8 Å². The van der Waals surface area contributed by atoms with Crippen LogP contribution in [0.1, 0.15) is 0 Å². The third-order valence-electron chi connectivity index (χ3n) is 4.57. The van der Waals surface area contributed by atoms with E-state index in [1.807, 2.05) is 11.7 Å². The number of nitrogens with zero attached hydrogens (tertiary/aromatic N) is 5. The highest BCUT2D eigenvalue weighted by Crippen LogP contribution is 1.78. The monoisotopic (exact) mass is 1050 g/mol. The topological polar surface area (TPSA) is 55.3 Å². The Labute approximate surface area is 428 Å². The Morgan fingerprint density at radius 2 is 0.721 bits per heavy atom. The minimum atomic E-state index is 0. The fourth-order valence-electron chi connectivity index (χ4n) is 2.44. The van der Waals surface area contributed by atoms with E-state index in [2.05, 4.69) is 314 Å². The van der Waals surface area contributed by atoms with Crippen molar-refractivity contribution in [2.75, 3.05) is 11.7 Å². The van der Waals surface area contributed by atoms with E-state index in [0.717, 1.165) is 0 Å². The normalized spacial score (nSPS) is 5.07. The zero-order chi connectivity index (χ0) is 49.0. The van der Waals surface area contributed by atoms with E-state index in [1.165, 1.54) is 0 Å². The van der Waals surface area contributed by atoms with Crippen molar-refractivity contribution in [2.45, 2.75) is 0 Å². The summed E-state index contributed by atoms with van der Waals surface area (Å²) in [5.74, 6) is 107. The fourth-order valence-corrected chi connectivity index (χ4v) is 2.44. The standard InChI is InChI=1S/C35H5N2.C19H4N2.C3H4N2.2CH3Br.BrH/c1-3-5-7-9-11-13-15-17-19-21-23-25-27-29-31-36-33-34-37(35-36)32-30-28-26-24-22-20-18-16-14-12-10-8-6-4-2;1-2-3-4-5-6-7-8-9-10-11-12-13-14-15-17-21-18-16-20-19-21;1-2-5-3-4-1;2*1-2;/h1-2,33-35H;1,16,18-19H;1-3H,(H,4,5);2*1H3;1H/q+1;;;;;/p-1. The van der Waals surface area contributed by atoms with Crippen molar-refractivity contribution >= 4 is 31.9 Å². The van der Waals surface area contributed by atoms with Gasteiger partial charge in [-0.3, -0.25) is 4.57 Å². The Bertz CT molecular complexity index is 3570. The molecule has 3 rings (SSSR count). The van der Waals surface area contributed by atoms with Gasteiger partial charge >= 0.3 is 0 Å². The number of halogens is 3. The van der Waals surface area contributed by atoms with Gasteiger partial charge in [0.1, 0.15) is 30.8 Å². The predicted molar refractivity (Wildman–Crippen MR) is 271 cm³/mol. The molecule has 68 heavy (non-hydrogen) atoms. The number of hydrogen-bond acceptors (Lipinski definition) is 2. The van der Waals surface area contributed by atoms with Crippen LogP contribution in [0.15, 0.2) is 56.2 Å². The van der Waals surface area contributed by atoms with Crippen LogP contribution < -0.4 is 21.5 Å². The first-order valence-electron chi connectivity index (χ1n) is 17.0. The van der Waals surface area contributed by atoms with Crippen LogP contribution in [0.5, 0.6) is 0 Å². The number of aromatic amines is 1. The molecule has 0 radical (unpaired) electrons. The molecule has 0 unspecified atom stereocenters. The van der Waals surface area contributed by atoms with Gasteiger partial charge in [-0.1, -0.05) is 31.9 Å². The van der Waals surface area contributed by atoms with Crippen molar-refractivity contribution in [3.05, 3.63) is 56.2 Å². The van der Waals surface area contributed by atoms with E-state index < -0.39 is 0 Å². The Kier molecular flexibility index (Phi) is 49.6. The molecule has 0 saturated carbocycles. The van der Waals surface area contributed by atoms with Crippen LogP contribution in [0.3, 0.4) is 0 Å².